The molecule has 1 heterocycles. The number of hydrogen-bond acceptors (Lipinski definition) is 1. The normalized spacial score (nSPS) is 10.7. The fraction of sp³-hybridized carbons (Fsp3) is 0. The van der Waals surface area contributed by atoms with Gasteiger partial charge in [-0.25, -0.2) is 0 Å². The van der Waals surface area contributed by atoms with Gasteiger partial charge in [0, 0.05) is 16.6 Å². The molecule has 0 amide bonds. The van der Waals surface area contributed by atoms with E-state index in [1.807, 2.05) is 0 Å². The molecule has 0 aliphatic carbocycles. The molecule has 13 heavy (non-hydrogen) atoms. The summed E-state index contributed by atoms with van der Waals surface area (Å²) < 4.78 is 0. The average molecular weight is 232 g/mol. The second-order valence-electron chi connectivity index (χ2n) is 2.61. The molecule has 0 aliphatic rings. The van der Waals surface area contributed by atoms with Crippen molar-refractivity contribution in [3.05, 3.63) is 39.5 Å². The summed E-state index contributed by atoms with van der Waals surface area (Å²) in [6.45, 7) is 0. The second-order valence-corrected chi connectivity index (χ2v) is 3.89. The quantitative estimate of drug-likeness (QED) is 0.663. The van der Waals surface area contributed by atoms with Crippen LogP contribution >= 0.6 is 34.8 Å². The van der Waals surface area contributed by atoms with E-state index in [-0.39, 0.29) is 0 Å². The summed E-state index contributed by atoms with van der Waals surface area (Å²) in [6, 6.07) is 5.19. The van der Waals surface area contributed by atoms with Crippen molar-refractivity contribution in [2.45, 2.75) is 0 Å². The number of fused-ring (bicyclic) bond motifs is 1. The highest BCUT2D eigenvalue weighted by Crippen LogP contribution is 2.28. The Labute approximate surface area is 90.2 Å². The molecule has 0 N–H and O–H groups in total. The molecule has 1 aromatic carbocycles. The first-order valence-corrected chi connectivity index (χ1v) is 4.70. The standard InChI is InChI=1S/C9H4Cl3N/c10-5-2-8(12)7-1-6(11)4-13-9(7)3-5/h1-4H. The summed E-state index contributed by atoms with van der Waals surface area (Å²) in [4.78, 5) is 4.10. The van der Waals surface area contributed by atoms with Crippen LogP contribution in [-0.2, 0) is 0 Å². The number of rotatable bonds is 0. The maximum absolute atomic E-state index is 5.95. The minimum atomic E-state index is 0.566. The van der Waals surface area contributed by atoms with Gasteiger partial charge in [-0.05, 0) is 18.2 Å². The third-order valence-electron chi connectivity index (χ3n) is 1.68. The summed E-state index contributed by atoms with van der Waals surface area (Å²) in [6.07, 6.45) is 1.57. The van der Waals surface area contributed by atoms with Crippen LogP contribution in [0.15, 0.2) is 24.4 Å². The molecule has 0 unspecified atom stereocenters. The first-order valence-electron chi connectivity index (χ1n) is 3.57. The Kier molecular flexibility index (Phi) is 2.33. The third-order valence-corrected chi connectivity index (χ3v) is 2.42. The molecule has 0 spiro atoms. The van der Waals surface area contributed by atoms with Crippen molar-refractivity contribution < 1.29 is 0 Å². The fourth-order valence-electron chi connectivity index (χ4n) is 1.13. The molecule has 1 nitrogen and oxygen atoms in total. The van der Waals surface area contributed by atoms with Crippen molar-refractivity contribution in [1.82, 2.24) is 4.98 Å². The van der Waals surface area contributed by atoms with E-state index in [0.717, 1.165) is 10.9 Å². The SMILES string of the molecule is Clc1cc(Cl)c2cc(Cl)cnc2c1. The summed E-state index contributed by atoms with van der Waals surface area (Å²) in [5.41, 5.74) is 0.752. The highest BCUT2D eigenvalue weighted by molar-refractivity contribution is 6.39. The molecule has 0 saturated heterocycles. The molecule has 0 bridgehead atoms. The van der Waals surface area contributed by atoms with Crippen molar-refractivity contribution in [2.24, 2.45) is 0 Å². The summed E-state index contributed by atoms with van der Waals surface area (Å²) >= 11 is 17.5. The maximum atomic E-state index is 5.95. The highest BCUT2D eigenvalue weighted by atomic mass is 35.5. The van der Waals surface area contributed by atoms with Crippen LogP contribution in [0.25, 0.3) is 10.9 Å². The summed E-state index contributed by atoms with van der Waals surface area (Å²) in [7, 11) is 0. The number of hydrogen-bond donors (Lipinski definition) is 0. The molecule has 2 aromatic rings. The second kappa shape index (κ2) is 3.33. The molecule has 0 aliphatic heterocycles. The zero-order valence-electron chi connectivity index (χ0n) is 6.39. The Hall–Kier alpha value is -0.500. The molecular formula is C9H4Cl3N. The van der Waals surface area contributed by atoms with Gasteiger partial charge in [0.05, 0.1) is 15.6 Å². The lowest BCUT2D eigenvalue weighted by molar-refractivity contribution is 1.41. The minimum absolute atomic E-state index is 0.566. The lowest BCUT2D eigenvalue weighted by Crippen LogP contribution is -1.79. The lowest BCUT2D eigenvalue weighted by atomic mass is 10.2. The third kappa shape index (κ3) is 1.73. The largest absolute Gasteiger partial charge is 0.255 e. The minimum Gasteiger partial charge on any atom is -0.255 e. The monoisotopic (exact) mass is 231 g/mol. The topological polar surface area (TPSA) is 12.9 Å². The number of benzene rings is 1. The van der Waals surface area contributed by atoms with Gasteiger partial charge in [-0.1, -0.05) is 34.8 Å². The molecule has 2 rings (SSSR count). The van der Waals surface area contributed by atoms with Gasteiger partial charge in [0.25, 0.3) is 0 Å². The summed E-state index contributed by atoms with van der Waals surface area (Å²) in [5, 5.41) is 2.53. The Morgan fingerprint density at radius 2 is 1.69 bits per heavy atom. The molecule has 66 valence electrons. The molecule has 0 atom stereocenters. The van der Waals surface area contributed by atoms with Crippen LogP contribution < -0.4 is 0 Å². The molecular weight excluding hydrogens is 228 g/mol. The van der Waals surface area contributed by atoms with Crippen LogP contribution in [0.5, 0.6) is 0 Å². The Balaban J connectivity index is 2.87. The van der Waals surface area contributed by atoms with Crippen molar-refractivity contribution in [3.63, 3.8) is 0 Å². The molecule has 1 aromatic heterocycles. The predicted octanol–water partition coefficient (Wildman–Crippen LogP) is 4.20. The van der Waals surface area contributed by atoms with Gasteiger partial charge < -0.3 is 0 Å². The van der Waals surface area contributed by atoms with Crippen molar-refractivity contribution in [2.75, 3.05) is 0 Å². The van der Waals surface area contributed by atoms with E-state index in [2.05, 4.69) is 4.98 Å². The zero-order chi connectivity index (χ0) is 9.42. The molecule has 4 heteroatoms. The molecule has 0 radical (unpaired) electrons. The first kappa shape index (κ1) is 9.07. The van der Waals surface area contributed by atoms with Gasteiger partial charge in [-0.15, -0.1) is 0 Å². The van der Waals surface area contributed by atoms with Crippen molar-refractivity contribution in [1.29, 1.82) is 0 Å². The maximum Gasteiger partial charge on any atom is 0.0732 e. The van der Waals surface area contributed by atoms with Gasteiger partial charge in [-0.3, -0.25) is 4.98 Å². The molecule has 0 saturated carbocycles. The van der Waals surface area contributed by atoms with Gasteiger partial charge in [0.1, 0.15) is 0 Å². The van der Waals surface area contributed by atoms with E-state index in [1.54, 1.807) is 24.4 Å². The van der Waals surface area contributed by atoms with Crippen LogP contribution in [-0.4, -0.2) is 4.98 Å². The van der Waals surface area contributed by atoms with E-state index in [1.165, 1.54) is 0 Å². The van der Waals surface area contributed by atoms with E-state index in [4.69, 9.17) is 34.8 Å². The fourth-order valence-corrected chi connectivity index (χ4v) is 1.82. The predicted molar refractivity (Wildman–Crippen MR) is 56.8 cm³/mol. The lowest BCUT2D eigenvalue weighted by Gasteiger charge is -2.00. The van der Waals surface area contributed by atoms with Crippen LogP contribution in [0.1, 0.15) is 0 Å². The van der Waals surface area contributed by atoms with Gasteiger partial charge in [0.2, 0.25) is 0 Å². The van der Waals surface area contributed by atoms with Crippen molar-refractivity contribution >= 4 is 45.7 Å². The highest BCUT2D eigenvalue weighted by Gasteiger charge is 2.02. The van der Waals surface area contributed by atoms with Crippen molar-refractivity contribution in [3.8, 4) is 0 Å². The van der Waals surface area contributed by atoms with E-state index >= 15 is 0 Å². The Bertz CT molecular complexity index is 468. The Morgan fingerprint density at radius 3 is 2.46 bits per heavy atom. The zero-order valence-corrected chi connectivity index (χ0v) is 8.66. The van der Waals surface area contributed by atoms with Crippen LogP contribution in [0.4, 0.5) is 0 Å². The van der Waals surface area contributed by atoms with Gasteiger partial charge >= 0.3 is 0 Å². The molecule has 0 fully saturated rings. The summed E-state index contributed by atoms with van der Waals surface area (Å²) in [5.74, 6) is 0. The average Bonchev–Trinajstić information content (AvgIpc) is 2.06. The van der Waals surface area contributed by atoms with E-state index in [9.17, 15) is 0 Å². The first-order chi connectivity index (χ1) is 6.16. The number of pyridine rings is 1. The van der Waals surface area contributed by atoms with E-state index in [0.29, 0.717) is 15.1 Å². The number of nitrogens with zero attached hydrogens (tertiary/aromatic N) is 1. The smallest absolute Gasteiger partial charge is 0.0732 e. The number of halogens is 3. The van der Waals surface area contributed by atoms with Gasteiger partial charge in [-0.2, -0.15) is 0 Å². The van der Waals surface area contributed by atoms with Crippen LogP contribution in [0.2, 0.25) is 15.1 Å². The van der Waals surface area contributed by atoms with E-state index < -0.39 is 0 Å². The van der Waals surface area contributed by atoms with Crippen LogP contribution in [0, 0.1) is 0 Å². The van der Waals surface area contributed by atoms with Gasteiger partial charge in [0.15, 0.2) is 0 Å². The van der Waals surface area contributed by atoms with Crippen LogP contribution in [0.3, 0.4) is 0 Å². The number of aromatic nitrogens is 1. The Morgan fingerprint density at radius 1 is 0.923 bits per heavy atom.